The molecule has 0 amide bonds. The summed E-state index contributed by atoms with van der Waals surface area (Å²) in [4.78, 5) is 14.9. The standard InChI is InChI=1S/C10H8N2O3S/c13-10(14)8-2-1-3-11-9(8)16-6-7-4-12-15-5-7/h1-5H,6H2,(H,13,14). The maximum Gasteiger partial charge on any atom is 0.338 e. The maximum absolute atomic E-state index is 10.9. The van der Waals surface area contributed by atoms with Gasteiger partial charge in [-0.15, -0.1) is 11.8 Å². The maximum atomic E-state index is 10.9. The number of rotatable bonds is 4. The van der Waals surface area contributed by atoms with Crippen LogP contribution in [0.4, 0.5) is 0 Å². The lowest BCUT2D eigenvalue weighted by Crippen LogP contribution is -2.00. The van der Waals surface area contributed by atoms with E-state index in [0.29, 0.717) is 10.8 Å². The van der Waals surface area contributed by atoms with E-state index < -0.39 is 5.97 Å². The van der Waals surface area contributed by atoms with Crippen LogP contribution in [0.2, 0.25) is 0 Å². The van der Waals surface area contributed by atoms with Gasteiger partial charge in [0.15, 0.2) is 0 Å². The first-order valence-corrected chi connectivity index (χ1v) is 5.45. The van der Waals surface area contributed by atoms with Crippen LogP contribution in [0.15, 0.2) is 40.3 Å². The number of hydrogen-bond donors (Lipinski definition) is 1. The van der Waals surface area contributed by atoms with Gasteiger partial charge in [-0.05, 0) is 12.1 Å². The molecule has 2 aromatic heterocycles. The van der Waals surface area contributed by atoms with Gasteiger partial charge in [0.25, 0.3) is 0 Å². The van der Waals surface area contributed by atoms with Gasteiger partial charge in [-0.25, -0.2) is 9.78 Å². The Morgan fingerprint density at radius 2 is 2.44 bits per heavy atom. The fourth-order valence-electron chi connectivity index (χ4n) is 1.12. The van der Waals surface area contributed by atoms with Gasteiger partial charge in [0, 0.05) is 17.5 Å². The number of carboxylic acids is 1. The number of pyridine rings is 1. The Bertz CT molecular complexity index is 485. The van der Waals surface area contributed by atoms with Crippen molar-refractivity contribution in [2.24, 2.45) is 0 Å². The van der Waals surface area contributed by atoms with Crippen LogP contribution in [0.1, 0.15) is 15.9 Å². The van der Waals surface area contributed by atoms with Crippen molar-refractivity contribution in [3.63, 3.8) is 0 Å². The van der Waals surface area contributed by atoms with E-state index in [1.807, 2.05) is 0 Å². The van der Waals surface area contributed by atoms with E-state index in [2.05, 4.69) is 14.7 Å². The summed E-state index contributed by atoms with van der Waals surface area (Å²) in [6, 6.07) is 3.14. The molecular weight excluding hydrogens is 228 g/mol. The van der Waals surface area contributed by atoms with Crippen molar-refractivity contribution in [2.75, 3.05) is 0 Å². The predicted octanol–water partition coefficient (Wildman–Crippen LogP) is 2.06. The Morgan fingerprint density at radius 3 is 3.12 bits per heavy atom. The summed E-state index contributed by atoms with van der Waals surface area (Å²) in [7, 11) is 0. The second-order valence-electron chi connectivity index (χ2n) is 2.98. The Labute approximate surface area is 95.5 Å². The molecule has 0 bridgehead atoms. The van der Waals surface area contributed by atoms with E-state index in [1.165, 1.54) is 24.1 Å². The third-order valence-electron chi connectivity index (χ3n) is 1.86. The number of hydrogen-bond acceptors (Lipinski definition) is 5. The minimum atomic E-state index is -0.971. The van der Waals surface area contributed by atoms with Gasteiger partial charge in [0.1, 0.15) is 11.3 Å². The Morgan fingerprint density at radius 1 is 1.56 bits per heavy atom. The predicted molar refractivity (Wildman–Crippen MR) is 57.3 cm³/mol. The van der Waals surface area contributed by atoms with Crippen molar-refractivity contribution >= 4 is 17.7 Å². The summed E-state index contributed by atoms with van der Waals surface area (Å²) in [5.41, 5.74) is 1.11. The Hall–Kier alpha value is -1.82. The molecule has 2 aromatic rings. The molecule has 82 valence electrons. The molecule has 5 nitrogen and oxygen atoms in total. The summed E-state index contributed by atoms with van der Waals surface area (Å²) in [6.07, 6.45) is 4.69. The van der Waals surface area contributed by atoms with Crippen LogP contribution in [-0.2, 0) is 5.75 Å². The first-order valence-electron chi connectivity index (χ1n) is 4.47. The average molecular weight is 236 g/mol. The molecule has 0 aliphatic heterocycles. The molecule has 0 aliphatic rings. The third-order valence-corrected chi connectivity index (χ3v) is 2.94. The highest BCUT2D eigenvalue weighted by Gasteiger charge is 2.11. The van der Waals surface area contributed by atoms with Gasteiger partial charge in [-0.3, -0.25) is 0 Å². The molecule has 2 rings (SSSR count). The van der Waals surface area contributed by atoms with Crippen LogP contribution < -0.4 is 0 Å². The summed E-state index contributed by atoms with van der Waals surface area (Å²) >= 11 is 1.34. The highest BCUT2D eigenvalue weighted by atomic mass is 32.2. The molecule has 2 heterocycles. The van der Waals surface area contributed by atoms with Crippen LogP contribution in [0.25, 0.3) is 0 Å². The molecular formula is C10H8N2O3S. The number of carboxylic acid groups (broad SMARTS) is 1. The number of carbonyl (C=O) groups is 1. The van der Waals surface area contributed by atoms with Crippen LogP contribution in [-0.4, -0.2) is 21.2 Å². The molecule has 0 unspecified atom stereocenters. The molecule has 0 fully saturated rings. The van der Waals surface area contributed by atoms with Gasteiger partial charge in [0.05, 0.1) is 11.8 Å². The average Bonchev–Trinajstić information content (AvgIpc) is 2.79. The summed E-state index contributed by atoms with van der Waals surface area (Å²) in [6.45, 7) is 0. The zero-order chi connectivity index (χ0) is 11.4. The van der Waals surface area contributed by atoms with Gasteiger partial charge >= 0.3 is 5.97 Å². The van der Waals surface area contributed by atoms with Crippen molar-refractivity contribution in [1.29, 1.82) is 0 Å². The highest BCUT2D eigenvalue weighted by Crippen LogP contribution is 2.23. The molecule has 0 saturated carbocycles. The fraction of sp³-hybridized carbons (Fsp3) is 0.100. The second-order valence-corrected chi connectivity index (χ2v) is 3.95. The van der Waals surface area contributed by atoms with E-state index in [1.54, 1.807) is 18.5 Å². The Balaban J connectivity index is 2.12. The van der Waals surface area contributed by atoms with E-state index in [9.17, 15) is 4.79 Å². The second kappa shape index (κ2) is 4.80. The largest absolute Gasteiger partial charge is 0.478 e. The number of aromatic nitrogens is 2. The fourth-order valence-corrected chi connectivity index (χ4v) is 2.01. The minimum Gasteiger partial charge on any atom is -0.478 e. The first kappa shape index (κ1) is 10.7. The lowest BCUT2D eigenvalue weighted by atomic mass is 10.3. The Kier molecular flexibility index (Phi) is 3.21. The molecule has 16 heavy (non-hydrogen) atoms. The molecule has 0 saturated heterocycles. The number of nitrogens with zero attached hydrogens (tertiary/aromatic N) is 2. The zero-order valence-electron chi connectivity index (χ0n) is 8.16. The van der Waals surface area contributed by atoms with Crippen LogP contribution in [0.5, 0.6) is 0 Å². The minimum absolute atomic E-state index is 0.212. The third kappa shape index (κ3) is 2.40. The molecule has 0 radical (unpaired) electrons. The van der Waals surface area contributed by atoms with Crippen LogP contribution >= 0.6 is 11.8 Å². The smallest absolute Gasteiger partial charge is 0.338 e. The van der Waals surface area contributed by atoms with E-state index >= 15 is 0 Å². The molecule has 1 N–H and O–H groups in total. The quantitative estimate of drug-likeness (QED) is 0.819. The molecule has 0 aromatic carbocycles. The lowest BCUT2D eigenvalue weighted by molar-refractivity contribution is 0.0692. The summed E-state index contributed by atoms with van der Waals surface area (Å²) in [5.74, 6) is -0.387. The van der Waals surface area contributed by atoms with Gasteiger partial charge in [0.2, 0.25) is 0 Å². The topological polar surface area (TPSA) is 76.2 Å². The van der Waals surface area contributed by atoms with Crippen LogP contribution in [0, 0.1) is 0 Å². The lowest BCUT2D eigenvalue weighted by Gasteiger charge is -2.02. The zero-order valence-corrected chi connectivity index (χ0v) is 8.98. The summed E-state index contributed by atoms with van der Waals surface area (Å²) < 4.78 is 4.68. The van der Waals surface area contributed by atoms with Crippen molar-refractivity contribution in [2.45, 2.75) is 10.8 Å². The van der Waals surface area contributed by atoms with Gasteiger partial charge in [-0.2, -0.15) is 0 Å². The molecule has 6 heteroatoms. The van der Waals surface area contributed by atoms with E-state index in [4.69, 9.17) is 5.11 Å². The molecule has 0 spiro atoms. The normalized spacial score (nSPS) is 10.2. The van der Waals surface area contributed by atoms with E-state index in [0.717, 1.165) is 5.56 Å². The molecule has 0 aliphatic carbocycles. The first-order chi connectivity index (χ1) is 7.77. The van der Waals surface area contributed by atoms with Gasteiger partial charge < -0.3 is 9.63 Å². The van der Waals surface area contributed by atoms with E-state index in [-0.39, 0.29) is 5.56 Å². The van der Waals surface area contributed by atoms with Crippen molar-refractivity contribution in [3.05, 3.63) is 41.9 Å². The monoisotopic (exact) mass is 236 g/mol. The van der Waals surface area contributed by atoms with Crippen molar-refractivity contribution in [3.8, 4) is 0 Å². The molecule has 0 atom stereocenters. The van der Waals surface area contributed by atoms with Crippen molar-refractivity contribution in [1.82, 2.24) is 10.1 Å². The summed E-state index contributed by atoms with van der Waals surface area (Å²) in [5, 5.41) is 13.0. The van der Waals surface area contributed by atoms with Crippen molar-refractivity contribution < 1.29 is 14.4 Å². The van der Waals surface area contributed by atoms with Crippen LogP contribution in [0.3, 0.4) is 0 Å². The van der Waals surface area contributed by atoms with Gasteiger partial charge in [-0.1, -0.05) is 5.16 Å². The number of aromatic carboxylic acids is 1. The number of thioether (sulfide) groups is 1. The highest BCUT2D eigenvalue weighted by molar-refractivity contribution is 7.98. The SMILES string of the molecule is O=C(O)c1cccnc1SCc1cnoc1.